The minimum Gasteiger partial charge on any atom is -0.508 e. The van der Waals surface area contributed by atoms with Crippen molar-refractivity contribution in [1.82, 2.24) is 0 Å². The maximum absolute atomic E-state index is 11.9. The van der Waals surface area contributed by atoms with Crippen LogP contribution >= 0.6 is 0 Å². The quantitative estimate of drug-likeness (QED) is 0.275. The van der Waals surface area contributed by atoms with Crippen LogP contribution in [-0.4, -0.2) is 15.3 Å². The van der Waals surface area contributed by atoms with Crippen molar-refractivity contribution in [2.75, 3.05) is 0 Å². The van der Waals surface area contributed by atoms with Crippen molar-refractivity contribution in [3.63, 3.8) is 0 Å². The molecule has 0 radical (unpaired) electrons. The first-order valence-corrected chi connectivity index (χ1v) is 12.7. The van der Waals surface area contributed by atoms with Gasteiger partial charge in [-0.1, -0.05) is 39.8 Å². The van der Waals surface area contributed by atoms with Crippen LogP contribution in [0.25, 0.3) is 11.1 Å². The molecule has 1 aliphatic carbocycles. The molecular formula is C31H37NO5W. The number of aromatic hydroxyl groups is 3. The molecule has 5 N–H and O–H groups in total. The van der Waals surface area contributed by atoms with E-state index in [0.29, 0.717) is 18.3 Å². The van der Waals surface area contributed by atoms with E-state index in [1.807, 2.05) is 19.9 Å². The van der Waals surface area contributed by atoms with E-state index in [1.165, 1.54) is 18.2 Å². The summed E-state index contributed by atoms with van der Waals surface area (Å²) in [6.07, 6.45) is 1.43. The van der Waals surface area contributed by atoms with Gasteiger partial charge in [-0.2, -0.15) is 0 Å². The van der Waals surface area contributed by atoms with Crippen LogP contribution in [0.15, 0.2) is 52.1 Å². The van der Waals surface area contributed by atoms with Gasteiger partial charge in [0, 0.05) is 27.1 Å². The van der Waals surface area contributed by atoms with E-state index < -0.39 is 5.43 Å². The largest absolute Gasteiger partial charge is 0.508 e. The van der Waals surface area contributed by atoms with Crippen LogP contribution in [0.5, 0.6) is 17.2 Å². The first-order chi connectivity index (χ1) is 17.3. The normalized spacial score (nSPS) is 14.0. The number of rotatable bonds is 2. The molecule has 0 bridgehead atoms. The summed E-state index contributed by atoms with van der Waals surface area (Å²) in [4.78, 5) is 23.4. The maximum Gasteiger partial charge on any atom is 0.220 e. The number of benzene rings is 1. The van der Waals surface area contributed by atoms with E-state index in [-0.39, 0.29) is 49.8 Å². The Morgan fingerprint density at radius 1 is 0.763 bits per heavy atom. The predicted molar refractivity (Wildman–Crippen MR) is 149 cm³/mol. The SMILES string of the molecule is CC(C)c1ccc(O)c(=O)cc1C(C)C.Cc1c(O)cc2c(c1C)-c1ccc(O)c(=O)cc1C(N)CC2.[W]. The van der Waals surface area contributed by atoms with Crippen molar-refractivity contribution >= 4 is 0 Å². The van der Waals surface area contributed by atoms with E-state index in [4.69, 9.17) is 5.73 Å². The summed E-state index contributed by atoms with van der Waals surface area (Å²) in [5.41, 5.74) is 13.1. The molecule has 0 heterocycles. The number of hydrogen-bond acceptors (Lipinski definition) is 6. The number of phenols is 1. The van der Waals surface area contributed by atoms with Crippen molar-refractivity contribution in [1.29, 1.82) is 0 Å². The monoisotopic (exact) mass is 687 g/mol. The Balaban J connectivity index is 0.000000280. The molecule has 4 rings (SSSR count). The third-order valence-corrected chi connectivity index (χ3v) is 7.14. The summed E-state index contributed by atoms with van der Waals surface area (Å²) in [6.45, 7) is 12.1. The Morgan fingerprint density at radius 3 is 1.89 bits per heavy atom. The molecule has 1 unspecified atom stereocenters. The second-order valence-electron chi connectivity index (χ2n) is 10.4. The molecule has 3 aromatic carbocycles. The number of hydrogen-bond donors (Lipinski definition) is 4. The van der Waals surface area contributed by atoms with Crippen molar-refractivity contribution in [3.05, 3.63) is 96.3 Å². The Bertz CT molecular complexity index is 1450. The zero-order chi connectivity index (χ0) is 27.6. The molecule has 0 spiro atoms. The summed E-state index contributed by atoms with van der Waals surface area (Å²) < 4.78 is 0. The van der Waals surface area contributed by atoms with Gasteiger partial charge in [0.05, 0.1) is 0 Å². The van der Waals surface area contributed by atoms with Gasteiger partial charge >= 0.3 is 0 Å². The summed E-state index contributed by atoms with van der Waals surface area (Å²) >= 11 is 0. The fraction of sp³-hybridized carbons (Fsp3) is 0.355. The molecule has 0 saturated heterocycles. The van der Waals surface area contributed by atoms with Crippen LogP contribution in [0.1, 0.15) is 85.4 Å². The Kier molecular flexibility index (Phi) is 10.5. The zero-order valence-corrected chi connectivity index (χ0v) is 25.8. The topological polar surface area (TPSA) is 121 Å². The molecule has 3 aromatic rings. The molecule has 38 heavy (non-hydrogen) atoms. The standard InChI is InChI=1S/C18H19NO3.C13H18O2.W/c1-9-10(2)18-11(7-16(9)21)3-5-14(19)13-8-17(22)15(20)6-4-12(13)18;1-8(2)10-5-6-12(14)13(15)7-11(10)9(3)4;/h4,6-8,14,21H,3,5,19H2,1-2H3,(H,20,22);5-9H,1-4H3,(H,14,15);. The van der Waals surface area contributed by atoms with Crippen LogP contribution in [-0.2, 0) is 27.5 Å². The summed E-state index contributed by atoms with van der Waals surface area (Å²) in [6, 6.07) is 11.0. The van der Waals surface area contributed by atoms with Crippen molar-refractivity contribution in [2.45, 2.75) is 72.3 Å². The molecule has 0 saturated carbocycles. The minimum atomic E-state index is -0.423. The zero-order valence-electron chi connectivity index (χ0n) is 22.8. The molecule has 6 nitrogen and oxygen atoms in total. The van der Waals surface area contributed by atoms with Crippen LogP contribution in [0.4, 0.5) is 0 Å². The van der Waals surface area contributed by atoms with E-state index in [2.05, 4.69) is 27.7 Å². The molecule has 1 aliphatic rings. The number of phenolic OH excluding ortho intramolecular Hbond substituents is 1. The Labute approximate surface area is 238 Å². The Hall–Kier alpha value is -2.95. The van der Waals surface area contributed by atoms with Crippen LogP contribution in [0.3, 0.4) is 0 Å². The molecule has 0 aliphatic heterocycles. The van der Waals surface area contributed by atoms with E-state index in [9.17, 15) is 24.9 Å². The van der Waals surface area contributed by atoms with Crippen molar-refractivity contribution < 1.29 is 36.4 Å². The van der Waals surface area contributed by atoms with Gasteiger partial charge in [-0.15, -0.1) is 0 Å². The summed E-state index contributed by atoms with van der Waals surface area (Å²) in [5.74, 6) is 0.468. The van der Waals surface area contributed by atoms with Gasteiger partial charge in [-0.25, -0.2) is 0 Å². The first-order valence-electron chi connectivity index (χ1n) is 12.7. The van der Waals surface area contributed by atoms with Crippen LogP contribution in [0.2, 0.25) is 0 Å². The number of aryl methyl sites for hydroxylation is 1. The predicted octanol–water partition coefficient (Wildman–Crippen LogP) is 5.68. The van der Waals surface area contributed by atoms with Gasteiger partial charge in [-0.3, -0.25) is 9.59 Å². The molecule has 1 atom stereocenters. The van der Waals surface area contributed by atoms with E-state index in [1.54, 1.807) is 18.2 Å². The average molecular weight is 687 g/mol. The summed E-state index contributed by atoms with van der Waals surface area (Å²) in [7, 11) is 0. The van der Waals surface area contributed by atoms with Crippen molar-refractivity contribution in [2.24, 2.45) is 5.73 Å². The van der Waals surface area contributed by atoms with Gasteiger partial charge in [0.2, 0.25) is 10.9 Å². The first kappa shape index (κ1) is 31.3. The fourth-order valence-electron chi connectivity index (χ4n) is 4.84. The summed E-state index contributed by atoms with van der Waals surface area (Å²) in [5, 5.41) is 29.2. The number of fused-ring (bicyclic) bond motifs is 3. The van der Waals surface area contributed by atoms with Gasteiger partial charge in [-0.05, 0) is 113 Å². The molecule has 7 heteroatoms. The second-order valence-corrected chi connectivity index (χ2v) is 10.4. The number of nitrogens with two attached hydrogens (primary N) is 1. The van der Waals surface area contributed by atoms with Gasteiger partial charge < -0.3 is 21.1 Å². The molecule has 0 aromatic heterocycles. The van der Waals surface area contributed by atoms with Gasteiger partial charge in [0.1, 0.15) is 5.75 Å². The molecule has 0 fully saturated rings. The van der Waals surface area contributed by atoms with Crippen LogP contribution in [0, 0.1) is 13.8 Å². The molecule has 202 valence electrons. The van der Waals surface area contributed by atoms with Gasteiger partial charge in [0.15, 0.2) is 11.5 Å². The minimum absolute atomic E-state index is 0. The molecule has 0 amide bonds. The van der Waals surface area contributed by atoms with Crippen molar-refractivity contribution in [3.8, 4) is 28.4 Å². The fourth-order valence-corrected chi connectivity index (χ4v) is 4.84. The van der Waals surface area contributed by atoms with Crippen LogP contribution < -0.4 is 16.6 Å². The third-order valence-electron chi connectivity index (χ3n) is 7.14. The van der Waals surface area contributed by atoms with E-state index >= 15 is 0 Å². The van der Waals surface area contributed by atoms with Gasteiger partial charge in [0.25, 0.3) is 0 Å². The second kappa shape index (κ2) is 12.7. The Morgan fingerprint density at radius 2 is 1.32 bits per heavy atom. The smallest absolute Gasteiger partial charge is 0.220 e. The van der Waals surface area contributed by atoms with E-state index in [0.717, 1.165) is 50.9 Å². The maximum atomic E-state index is 11.9. The molecular weight excluding hydrogens is 650 g/mol. The average Bonchev–Trinajstić information content (AvgIpc) is 3.14. The third kappa shape index (κ3) is 6.54.